The van der Waals surface area contributed by atoms with Crippen LogP contribution in [-0.4, -0.2) is 41.1 Å². The van der Waals surface area contributed by atoms with Crippen molar-refractivity contribution in [3.05, 3.63) is 65.7 Å². The van der Waals surface area contributed by atoms with E-state index in [-0.39, 0.29) is 22.5 Å². The average molecular weight is 401 g/mol. The van der Waals surface area contributed by atoms with Crippen molar-refractivity contribution in [2.75, 3.05) is 4.90 Å². The van der Waals surface area contributed by atoms with E-state index in [2.05, 4.69) is 4.99 Å². The molecule has 2 amide bonds. The first kappa shape index (κ1) is 18.1. The summed E-state index contributed by atoms with van der Waals surface area (Å²) in [6, 6.07) is 12.6. The summed E-state index contributed by atoms with van der Waals surface area (Å²) in [5, 5.41) is 11.7. The number of Topliss-reactive ketones (excluding diaryl/α,β-unsaturated/α-hetero) is 2. The number of anilines is 1. The predicted molar refractivity (Wildman–Crippen MR) is 101 cm³/mol. The quantitative estimate of drug-likeness (QED) is 0.529. The van der Waals surface area contributed by atoms with E-state index in [1.807, 2.05) is 0 Å². The Kier molecular flexibility index (Phi) is 3.79. The number of fused-ring (bicyclic) bond motifs is 2. The Labute approximate surface area is 169 Å². The Morgan fingerprint density at radius 1 is 0.833 bits per heavy atom. The lowest BCUT2D eigenvalue weighted by atomic mass is 9.82. The van der Waals surface area contributed by atoms with Crippen molar-refractivity contribution in [1.29, 1.82) is 0 Å². The van der Waals surface area contributed by atoms with Crippen molar-refractivity contribution in [3.63, 3.8) is 0 Å². The van der Waals surface area contributed by atoms with E-state index < -0.39 is 53.1 Å². The Morgan fingerprint density at radius 2 is 1.40 bits per heavy atom. The Bertz CT molecular complexity index is 1150. The number of carboxylic acids is 1. The smallest absolute Gasteiger partial charge is 0.243 e. The van der Waals surface area contributed by atoms with Crippen molar-refractivity contribution in [3.8, 4) is 0 Å². The van der Waals surface area contributed by atoms with Gasteiger partial charge in [0.1, 0.15) is 12.0 Å². The fraction of sp³-hybridized carbons (Fsp3) is 0.182. The van der Waals surface area contributed by atoms with Crippen molar-refractivity contribution < 1.29 is 29.1 Å². The molecule has 5 rings (SSSR count). The van der Waals surface area contributed by atoms with Crippen LogP contribution in [0.4, 0.5) is 5.69 Å². The summed E-state index contributed by atoms with van der Waals surface area (Å²) in [4.78, 5) is 68.7. The molecule has 8 heteroatoms. The first-order valence-corrected chi connectivity index (χ1v) is 9.30. The van der Waals surface area contributed by atoms with Crippen LogP contribution in [0.1, 0.15) is 20.7 Å². The third-order valence-corrected chi connectivity index (χ3v) is 5.83. The summed E-state index contributed by atoms with van der Waals surface area (Å²) < 4.78 is 0. The van der Waals surface area contributed by atoms with Crippen LogP contribution in [0.25, 0.3) is 0 Å². The zero-order valence-corrected chi connectivity index (χ0v) is 15.3. The van der Waals surface area contributed by atoms with Gasteiger partial charge in [0.25, 0.3) is 0 Å². The standard InChI is InChI=1S/C22H14N2O6/c25-18-11-8-4-5-9-12(11)19(26)15(18)16-13-14(17(23-16)22(29)30)21(28)24(20(13)27)10-6-2-1-3-7-10/h1-9,13-15,17H,(H,29,30)/p-1/t13-,14+,17+/m1/s1. The first-order chi connectivity index (χ1) is 14.4. The normalized spacial score (nSPS) is 25.5. The number of ketones is 2. The number of carbonyl (C=O) groups is 5. The minimum atomic E-state index is -1.64. The van der Waals surface area contributed by atoms with Crippen LogP contribution in [0, 0.1) is 17.8 Å². The molecule has 0 saturated carbocycles. The van der Waals surface area contributed by atoms with Gasteiger partial charge >= 0.3 is 0 Å². The third-order valence-electron chi connectivity index (χ3n) is 5.83. The number of carboxylic acid groups (broad SMARTS) is 1. The number of carbonyl (C=O) groups excluding carboxylic acids is 5. The molecule has 0 spiro atoms. The summed E-state index contributed by atoms with van der Waals surface area (Å²) in [6.07, 6.45) is 0. The number of aliphatic imine (C=N–C) groups is 1. The van der Waals surface area contributed by atoms with Crippen LogP contribution in [0.2, 0.25) is 0 Å². The van der Waals surface area contributed by atoms with Gasteiger partial charge in [0, 0.05) is 16.8 Å². The molecule has 0 N–H and O–H groups in total. The highest BCUT2D eigenvalue weighted by atomic mass is 16.4. The third kappa shape index (κ3) is 2.27. The van der Waals surface area contributed by atoms with Gasteiger partial charge in [0.2, 0.25) is 11.8 Å². The van der Waals surface area contributed by atoms with Crippen LogP contribution in [0.3, 0.4) is 0 Å². The molecule has 0 unspecified atom stereocenters. The molecule has 2 aliphatic heterocycles. The largest absolute Gasteiger partial charge is 0.548 e. The lowest BCUT2D eigenvalue weighted by molar-refractivity contribution is -0.308. The summed E-state index contributed by atoms with van der Waals surface area (Å²) in [6.45, 7) is 0. The van der Waals surface area contributed by atoms with Crippen LogP contribution in [-0.2, 0) is 14.4 Å². The van der Waals surface area contributed by atoms with Gasteiger partial charge in [-0.2, -0.15) is 0 Å². The number of nitrogens with zero attached hydrogens (tertiary/aromatic N) is 2. The van der Waals surface area contributed by atoms with Crippen molar-refractivity contribution in [1.82, 2.24) is 0 Å². The number of benzene rings is 2. The number of imide groups is 1. The molecule has 1 aliphatic carbocycles. The molecule has 8 nitrogen and oxygen atoms in total. The van der Waals surface area contributed by atoms with Gasteiger partial charge in [0.05, 0.1) is 23.5 Å². The van der Waals surface area contributed by atoms with Gasteiger partial charge in [0.15, 0.2) is 11.6 Å². The molecule has 2 aromatic rings. The zero-order valence-electron chi connectivity index (χ0n) is 15.3. The molecule has 2 heterocycles. The van der Waals surface area contributed by atoms with Crippen molar-refractivity contribution >= 4 is 40.7 Å². The minimum absolute atomic E-state index is 0.169. The molecule has 3 atom stereocenters. The fourth-order valence-corrected chi connectivity index (χ4v) is 4.54. The van der Waals surface area contributed by atoms with Gasteiger partial charge in [-0.15, -0.1) is 0 Å². The second kappa shape index (κ2) is 6.28. The first-order valence-electron chi connectivity index (χ1n) is 9.30. The zero-order chi connectivity index (χ0) is 21.2. The second-order valence-electron chi connectivity index (χ2n) is 7.38. The highest BCUT2D eigenvalue weighted by Gasteiger charge is 2.61. The summed E-state index contributed by atoms with van der Waals surface area (Å²) in [5.74, 6) is -8.22. The minimum Gasteiger partial charge on any atom is -0.548 e. The average Bonchev–Trinajstić information content (AvgIpc) is 3.33. The summed E-state index contributed by atoms with van der Waals surface area (Å²) in [7, 11) is 0. The Hall–Kier alpha value is -3.94. The molecule has 1 saturated heterocycles. The van der Waals surface area contributed by atoms with Gasteiger partial charge < -0.3 is 9.90 Å². The van der Waals surface area contributed by atoms with Crippen LogP contribution >= 0.6 is 0 Å². The number of aliphatic carboxylic acids is 1. The van der Waals surface area contributed by atoms with E-state index in [0.717, 1.165) is 4.90 Å². The molecule has 3 aliphatic rings. The van der Waals surface area contributed by atoms with E-state index in [1.165, 1.54) is 12.1 Å². The van der Waals surface area contributed by atoms with Crippen molar-refractivity contribution in [2.24, 2.45) is 22.7 Å². The van der Waals surface area contributed by atoms with Crippen LogP contribution < -0.4 is 10.0 Å². The maximum absolute atomic E-state index is 13.2. The molecule has 0 bridgehead atoms. The van der Waals surface area contributed by atoms with Crippen molar-refractivity contribution in [2.45, 2.75) is 6.04 Å². The van der Waals surface area contributed by atoms with Gasteiger partial charge in [-0.25, -0.2) is 4.90 Å². The topological polar surface area (TPSA) is 124 Å². The molecule has 30 heavy (non-hydrogen) atoms. The molecule has 148 valence electrons. The maximum Gasteiger partial charge on any atom is 0.243 e. The van der Waals surface area contributed by atoms with E-state index in [4.69, 9.17) is 0 Å². The molecular weight excluding hydrogens is 388 g/mol. The van der Waals surface area contributed by atoms with E-state index in [1.54, 1.807) is 42.5 Å². The fourth-order valence-electron chi connectivity index (χ4n) is 4.54. The molecular formula is C22H13N2O6-. The lowest BCUT2D eigenvalue weighted by Gasteiger charge is -2.18. The summed E-state index contributed by atoms with van der Waals surface area (Å²) >= 11 is 0. The van der Waals surface area contributed by atoms with Gasteiger partial charge in [-0.1, -0.05) is 42.5 Å². The number of hydrogen-bond donors (Lipinski definition) is 0. The van der Waals surface area contributed by atoms with E-state index >= 15 is 0 Å². The number of rotatable bonds is 3. The highest BCUT2D eigenvalue weighted by Crippen LogP contribution is 2.43. The SMILES string of the molecule is O=C1c2ccccc2C(=O)C1C1=N[C@H](C(=O)[O-])[C@H]2C(=O)N(c3ccccc3)C(=O)[C@@H]12. The lowest BCUT2D eigenvalue weighted by Crippen LogP contribution is -2.42. The molecule has 1 fully saturated rings. The van der Waals surface area contributed by atoms with Crippen LogP contribution in [0.5, 0.6) is 0 Å². The number of amides is 2. The monoisotopic (exact) mass is 401 g/mol. The Morgan fingerprint density at radius 3 is 1.97 bits per heavy atom. The number of hydrogen-bond acceptors (Lipinski definition) is 7. The maximum atomic E-state index is 13.2. The Balaban J connectivity index is 1.61. The van der Waals surface area contributed by atoms with Gasteiger partial charge in [-0.3, -0.25) is 24.2 Å². The van der Waals surface area contributed by atoms with E-state index in [0.29, 0.717) is 0 Å². The van der Waals surface area contributed by atoms with Gasteiger partial charge in [-0.05, 0) is 12.1 Å². The molecule has 0 radical (unpaired) electrons. The van der Waals surface area contributed by atoms with E-state index in [9.17, 15) is 29.1 Å². The highest BCUT2D eigenvalue weighted by molar-refractivity contribution is 6.41. The number of para-hydroxylation sites is 1. The molecule has 2 aromatic carbocycles. The molecule has 0 aromatic heterocycles. The van der Waals surface area contributed by atoms with Crippen LogP contribution in [0.15, 0.2) is 59.6 Å². The second-order valence-corrected chi connectivity index (χ2v) is 7.38. The predicted octanol–water partition coefficient (Wildman–Crippen LogP) is 0.0607. The summed E-state index contributed by atoms with van der Waals surface area (Å²) in [5.41, 5.74) is 0.503.